The number of carbonyl (C=O) groups is 3. The van der Waals surface area contributed by atoms with Gasteiger partial charge in [0.2, 0.25) is 10.3 Å². The molecule has 2 aromatic rings. The van der Waals surface area contributed by atoms with Gasteiger partial charge in [0, 0.05) is 12.1 Å². The minimum absolute atomic E-state index is 0.0926. The van der Waals surface area contributed by atoms with E-state index in [0.29, 0.717) is 16.2 Å². The van der Waals surface area contributed by atoms with Gasteiger partial charge < -0.3 is 10.1 Å². The van der Waals surface area contributed by atoms with Crippen molar-refractivity contribution in [2.24, 2.45) is 5.92 Å². The molecule has 28 heavy (non-hydrogen) atoms. The quantitative estimate of drug-likeness (QED) is 0.486. The van der Waals surface area contributed by atoms with E-state index in [1.54, 1.807) is 0 Å². The van der Waals surface area contributed by atoms with Crippen LogP contribution in [0.5, 0.6) is 0 Å². The van der Waals surface area contributed by atoms with E-state index in [1.807, 2.05) is 0 Å². The van der Waals surface area contributed by atoms with Crippen molar-refractivity contribution in [1.29, 1.82) is 0 Å². The van der Waals surface area contributed by atoms with Crippen LogP contribution < -0.4 is 10.6 Å². The van der Waals surface area contributed by atoms with Crippen molar-refractivity contribution in [3.63, 3.8) is 0 Å². The molecule has 3 rings (SSSR count). The lowest BCUT2D eigenvalue weighted by atomic mass is 10.00. The standard InChI is InChI=1S/C19H22N4O4S/c1-3-5-6-11(4-2)10-20-18-22-23-19(28-18)21-15(24)12-7-8-13-14(9-12)17(26)27-16(13)25/h7-9,11H,3-6,10H2,1-2H3,(H,20,22)(H,21,23,24). The first-order valence-corrected chi connectivity index (χ1v) is 10.1. The Labute approximate surface area is 166 Å². The molecule has 1 aliphatic rings. The monoisotopic (exact) mass is 402 g/mol. The highest BCUT2D eigenvalue weighted by Crippen LogP contribution is 2.24. The van der Waals surface area contributed by atoms with Crippen LogP contribution in [0.3, 0.4) is 0 Å². The SMILES string of the molecule is CCCCC(CC)CNc1nnc(NC(=O)c2ccc3c(c2)C(=O)OC3=O)s1. The van der Waals surface area contributed by atoms with Gasteiger partial charge in [0.05, 0.1) is 11.1 Å². The van der Waals surface area contributed by atoms with Gasteiger partial charge in [0.15, 0.2) is 0 Å². The summed E-state index contributed by atoms with van der Waals surface area (Å²) in [6, 6.07) is 4.22. The molecule has 1 aromatic heterocycles. The summed E-state index contributed by atoms with van der Waals surface area (Å²) in [7, 11) is 0. The summed E-state index contributed by atoms with van der Waals surface area (Å²) in [5.41, 5.74) is 0.494. The highest BCUT2D eigenvalue weighted by atomic mass is 32.1. The number of nitrogens with one attached hydrogen (secondary N) is 2. The second-order valence-electron chi connectivity index (χ2n) is 6.60. The molecule has 0 fully saturated rings. The van der Waals surface area contributed by atoms with E-state index in [-0.39, 0.29) is 16.7 Å². The zero-order chi connectivity index (χ0) is 20.1. The number of carbonyl (C=O) groups excluding carboxylic acids is 3. The molecular weight excluding hydrogens is 380 g/mol. The third-order valence-electron chi connectivity index (χ3n) is 4.64. The normalized spacial score (nSPS) is 13.8. The van der Waals surface area contributed by atoms with Crippen molar-refractivity contribution < 1.29 is 19.1 Å². The first kappa shape index (κ1) is 19.9. The predicted molar refractivity (Wildman–Crippen MR) is 106 cm³/mol. The minimum atomic E-state index is -0.745. The van der Waals surface area contributed by atoms with Gasteiger partial charge in [-0.2, -0.15) is 0 Å². The summed E-state index contributed by atoms with van der Waals surface area (Å²) in [5.74, 6) is -1.30. The van der Waals surface area contributed by atoms with Gasteiger partial charge >= 0.3 is 11.9 Å². The summed E-state index contributed by atoms with van der Waals surface area (Å²) in [4.78, 5) is 35.5. The summed E-state index contributed by atoms with van der Waals surface area (Å²) in [6.07, 6.45) is 4.65. The number of amides is 1. The lowest BCUT2D eigenvalue weighted by Crippen LogP contribution is -2.13. The topological polar surface area (TPSA) is 110 Å². The molecule has 9 heteroatoms. The number of nitrogens with zero attached hydrogens (tertiary/aromatic N) is 2. The van der Waals surface area contributed by atoms with Crippen LogP contribution in [0.15, 0.2) is 18.2 Å². The Morgan fingerprint density at radius 2 is 1.89 bits per heavy atom. The Kier molecular flexibility index (Phi) is 6.35. The smallest absolute Gasteiger partial charge is 0.346 e. The van der Waals surface area contributed by atoms with Gasteiger partial charge in [-0.1, -0.05) is 44.4 Å². The zero-order valence-corrected chi connectivity index (χ0v) is 16.6. The minimum Gasteiger partial charge on any atom is -0.386 e. The van der Waals surface area contributed by atoms with Crippen molar-refractivity contribution in [2.45, 2.75) is 39.5 Å². The van der Waals surface area contributed by atoms with Crippen LogP contribution in [0.1, 0.15) is 70.6 Å². The Morgan fingerprint density at radius 1 is 1.14 bits per heavy atom. The molecule has 2 N–H and O–H groups in total. The maximum atomic E-state index is 12.4. The van der Waals surface area contributed by atoms with Crippen molar-refractivity contribution >= 4 is 39.4 Å². The maximum absolute atomic E-state index is 12.4. The number of rotatable bonds is 9. The number of fused-ring (bicyclic) bond motifs is 1. The predicted octanol–water partition coefficient (Wildman–Crippen LogP) is 3.73. The maximum Gasteiger partial charge on any atom is 0.346 e. The Hall–Kier alpha value is -2.81. The van der Waals surface area contributed by atoms with Crippen LogP contribution in [-0.2, 0) is 4.74 Å². The molecular formula is C19H22N4O4S. The lowest BCUT2D eigenvalue weighted by molar-refractivity contribution is 0.0443. The number of cyclic esters (lactones) is 2. The van der Waals surface area contributed by atoms with Crippen LogP contribution >= 0.6 is 11.3 Å². The van der Waals surface area contributed by atoms with E-state index >= 15 is 0 Å². The average Bonchev–Trinajstić information content (AvgIpc) is 3.25. The highest BCUT2D eigenvalue weighted by Gasteiger charge is 2.30. The van der Waals surface area contributed by atoms with Gasteiger partial charge in [-0.15, -0.1) is 10.2 Å². The fourth-order valence-corrected chi connectivity index (χ4v) is 3.56. The van der Waals surface area contributed by atoms with Crippen molar-refractivity contribution in [3.05, 3.63) is 34.9 Å². The van der Waals surface area contributed by atoms with Crippen LogP contribution in [0, 0.1) is 5.92 Å². The second-order valence-corrected chi connectivity index (χ2v) is 7.58. The summed E-state index contributed by atoms with van der Waals surface area (Å²) in [5, 5.41) is 15.0. The van der Waals surface area contributed by atoms with Crippen LogP contribution in [0.25, 0.3) is 0 Å². The Balaban J connectivity index is 1.59. The van der Waals surface area contributed by atoms with Crippen LogP contribution in [0.4, 0.5) is 10.3 Å². The number of hydrogen-bond acceptors (Lipinski definition) is 8. The summed E-state index contributed by atoms with van der Waals surface area (Å²) >= 11 is 1.25. The molecule has 1 unspecified atom stereocenters. The molecule has 0 saturated heterocycles. The van der Waals surface area contributed by atoms with E-state index < -0.39 is 17.8 Å². The first-order valence-electron chi connectivity index (χ1n) is 9.31. The van der Waals surface area contributed by atoms with Crippen molar-refractivity contribution in [2.75, 3.05) is 17.2 Å². The molecule has 0 bridgehead atoms. The van der Waals surface area contributed by atoms with E-state index in [2.05, 4.69) is 39.4 Å². The third-order valence-corrected chi connectivity index (χ3v) is 5.43. The van der Waals surface area contributed by atoms with E-state index in [1.165, 1.54) is 48.8 Å². The largest absolute Gasteiger partial charge is 0.386 e. The number of benzene rings is 1. The van der Waals surface area contributed by atoms with Gasteiger partial charge in [-0.3, -0.25) is 10.1 Å². The molecule has 2 heterocycles. The van der Waals surface area contributed by atoms with E-state index in [0.717, 1.165) is 13.0 Å². The van der Waals surface area contributed by atoms with Gasteiger partial charge in [0.1, 0.15) is 0 Å². The van der Waals surface area contributed by atoms with Crippen LogP contribution in [-0.4, -0.2) is 34.6 Å². The molecule has 0 spiro atoms. The molecule has 8 nitrogen and oxygen atoms in total. The van der Waals surface area contributed by atoms with Gasteiger partial charge in [0.25, 0.3) is 5.91 Å². The number of aromatic nitrogens is 2. The average molecular weight is 402 g/mol. The van der Waals surface area contributed by atoms with E-state index in [4.69, 9.17) is 0 Å². The molecule has 1 aromatic carbocycles. The Bertz CT molecular complexity index is 896. The Morgan fingerprint density at radius 3 is 2.64 bits per heavy atom. The number of unbranched alkanes of at least 4 members (excludes halogenated alkanes) is 1. The molecule has 1 aliphatic heterocycles. The zero-order valence-electron chi connectivity index (χ0n) is 15.8. The first-order chi connectivity index (χ1) is 13.5. The molecule has 0 aliphatic carbocycles. The van der Waals surface area contributed by atoms with Gasteiger partial charge in [-0.25, -0.2) is 9.59 Å². The number of ether oxygens (including phenoxy) is 1. The fourth-order valence-electron chi connectivity index (χ4n) is 2.92. The number of esters is 2. The third kappa shape index (κ3) is 4.53. The molecule has 1 atom stereocenters. The van der Waals surface area contributed by atoms with Crippen LogP contribution in [0.2, 0.25) is 0 Å². The molecule has 0 radical (unpaired) electrons. The molecule has 0 saturated carbocycles. The summed E-state index contributed by atoms with van der Waals surface area (Å²) in [6.45, 7) is 5.18. The van der Waals surface area contributed by atoms with Gasteiger partial charge in [-0.05, 0) is 30.5 Å². The summed E-state index contributed by atoms with van der Waals surface area (Å²) < 4.78 is 4.53. The van der Waals surface area contributed by atoms with Crippen molar-refractivity contribution in [1.82, 2.24) is 10.2 Å². The number of hydrogen-bond donors (Lipinski definition) is 2. The second kappa shape index (κ2) is 8.92. The highest BCUT2D eigenvalue weighted by molar-refractivity contribution is 7.19. The van der Waals surface area contributed by atoms with Crippen molar-refractivity contribution in [3.8, 4) is 0 Å². The lowest BCUT2D eigenvalue weighted by Gasteiger charge is -2.14. The molecule has 148 valence electrons. The number of anilines is 2. The van der Waals surface area contributed by atoms with E-state index in [9.17, 15) is 14.4 Å². The molecule has 1 amide bonds. The fraction of sp³-hybridized carbons (Fsp3) is 0.421.